The van der Waals surface area contributed by atoms with Gasteiger partial charge in [0.05, 0.1) is 4.90 Å². The van der Waals surface area contributed by atoms with Crippen molar-refractivity contribution in [2.45, 2.75) is 50.1 Å². The van der Waals surface area contributed by atoms with Gasteiger partial charge in [0.15, 0.2) is 0 Å². The summed E-state index contributed by atoms with van der Waals surface area (Å²) in [6, 6.07) is 5.68. The van der Waals surface area contributed by atoms with Crippen molar-refractivity contribution in [3.05, 3.63) is 29.3 Å². The van der Waals surface area contributed by atoms with E-state index < -0.39 is 10.0 Å². The zero-order valence-electron chi connectivity index (χ0n) is 12.5. The molecule has 1 fully saturated rings. The van der Waals surface area contributed by atoms with Crippen molar-refractivity contribution in [3.63, 3.8) is 0 Å². The third-order valence-corrected chi connectivity index (χ3v) is 6.10. The molecule has 0 aromatic heterocycles. The highest BCUT2D eigenvalue weighted by atomic mass is 32.2. The summed E-state index contributed by atoms with van der Waals surface area (Å²) >= 11 is 0. The summed E-state index contributed by atoms with van der Waals surface area (Å²) in [4.78, 5) is 0.411. The standard InChI is InChI=1S/C15H24N2O2S/c1-4-12-8-9-15(10-13(12)11-16-2)20(18,19)17(3)14-6-5-7-14/h8-10,14,16H,4-7,11H2,1-3H3. The van der Waals surface area contributed by atoms with Crippen LogP contribution >= 0.6 is 0 Å². The smallest absolute Gasteiger partial charge is 0.243 e. The van der Waals surface area contributed by atoms with Crippen molar-refractivity contribution in [1.29, 1.82) is 0 Å². The summed E-state index contributed by atoms with van der Waals surface area (Å²) in [6.45, 7) is 2.78. The highest BCUT2D eigenvalue weighted by Crippen LogP contribution is 2.29. The Balaban J connectivity index is 2.33. The minimum absolute atomic E-state index is 0.179. The maximum atomic E-state index is 12.6. The summed E-state index contributed by atoms with van der Waals surface area (Å²) in [6.07, 6.45) is 4.00. The maximum absolute atomic E-state index is 12.6. The Morgan fingerprint density at radius 3 is 2.50 bits per heavy atom. The molecule has 1 aromatic rings. The molecule has 4 nitrogen and oxygen atoms in total. The Morgan fingerprint density at radius 1 is 1.30 bits per heavy atom. The quantitative estimate of drug-likeness (QED) is 0.875. The molecule has 0 aliphatic heterocycles. The van der Waals surface area contributed by atoms with Gasteiger partial charge in [-0.3, -0.25) is 0 Å². The highest BCUT2D eigenvalue weighted by molar-refractivity contribution is 7.89. The number of nitrogens with one attached hydrogen (secondary N) is 1. The topological polar surface area (TPSA) is 49.4 Å². The molecule has 1 N–H and O–H groups in total. The van der Waals surface area contributed by atoms with Gasteiger partial charge in [0.25, 0.3) is 0 Å². The molecule has 1 aromatic carbocycles. The zero-order valence-corrected chi connectivity index (χ0v) is 13.3. The lowest BCUT2D eigenvalue weighted by Crippen LogP contribution is -2.41. The van der Waals surface area contributed by atoms with E-state index in [9.17, 15) is 8.42 Å². The van der Waals surface area contributed by atoms with Crippen LogP contribution in [0.3, 0.4) is 0 Å². The molecule has 5 heteroatoms. The normalized spacial score (nSPS) is 16.4. The van der Waals surface area contributed by atoms with Gasteiger partial charge in [-0.2, -0.15) is 4.31 Å². The van der Waals surface area contributed by atoms with Gasteiger partial charge in [0.2, 0.25) is 10.0 Å². The first kappa shape index (κ1) is 15.5. The van der Waals surface area contributed by atoms with Crippen LogP contribution in [0.5, 0.6) is 0 Å². The molecule has 0 bridgehead atoms. The summed E-state index contributed by atoms with van der Waals surface area (Å²) in [5, 5.41) is 3.10. The number of aryl methyl sites for hydroxylation is 1. The van der Waals surface area contributed by atoms with Crippen LogP contribution in [0.4, 0.5) is 0 Å². The fraction of sp³-hybridized carbons (Fsp3) is 0.600. The van der Waals surface area contributed by atoms with Gasteiger partial charge < -0.3 is 5.32 Å². The number of hydrogen-bond donors (Lipinski definition) is 1. The average molecular weight is 296 g/mol. The van der Waals surface area contributed by atoms with E-state index >= 15 is 0 Å². The molecule has 1 aliphatic carbocycles. The maximum Gasteiger partial charge on any atom is 0.243 e. The Hall–Kier alpha value is -0.910. The summed E-state index contributed by atoms with van der Waals surface area (Å²) in [5.41, 5.74) is 2.27. The summed E-state index contributed by atoms with van der Waals surface area (Å²) in [5.74, 6) is 0. The largest absolute Gasteiger partial charge is 0.316 e. The van der Waals surface area contributed by atoms with Gasteiger partial charge in [-0.15, -0.1) is 0 Å². The van der Waals surface area contributed by atoms with E-state index in [1.807, 2.05) is 19.2 Å². The first-order chi connectivity index (χ1) is 9.50. The molecule has 0 saturated heterocycles. The van der Waals surface area contributed by atoms with Crippen LogP contribution in [0.25, 0.3) is 0 Å². The second kappa shape index (κ2) is 6.24. The van der Waals surface area contributed by atoms with E-state index in [2.05, 4.69) is 12.2 Å². The molecular formula is C15H24N2O2S. The van der Waals surface area contributed by atoms with E-state index in [0.29, 0.717) is 11.4 Å². The van der Waals surface area contributed by atoms with Crippen molar-refractivity contribution in [1.82, 2.24) is 9.62 Å². The SMILES string of the molecule is CCc1ccc(S(=O)(=O)N(C)C2CCC2)cc1CNC. The van der Waals surface area contributed by atoms with Gasteiger partial charge in [0.1, 0.15) is 0 Å². The van der Waals surface area contributed by atoms with Crippen LogP contribution in [0.2, 0.25) is 0 Å². The predicted octanol–water partition coefficient (Wildman–Crippen LogP) is 2.14. The fourth-order valence-electron chi connectivity index (χ4n) is 2.58. The lowest BCUT2D eigenvalue weighted by molar-refractivity contribution is 0.249. The molecule has 0 spiro atoms. The Labute approximate surface area is 122 Å². The van der Waals surface area contributed by atoms with Crippen LogP contribution in [-0.4, -0.2) is 32.9 Å². The molecule has 0 heterocycles. The molecule has 1 aliphatic rings. The Bertz CT molecular complexity index is 565. The molecule has 2 rings (SSSR count). The monoisotopic (exact) mass is 296 g/mol. The van der Waals surface area contributed by atoms with Crippen molar-refractivity contribution in [2.24, 2.45) is 0 Å². The van der Waals surface area contributed by atoms with Crippen molar-refractivity contribution in [3.8, 4) is 0 Å². The van der Waals surface area contributed by atoms with Crippen LogP contribution in [0, 0.1) is 0 Å². The van der Waals surface area contributed by atoms with Gasteiger partial charge in [-0.25, -0.2) is 8.42 Å². The number of benzene rings is 1. The zero-order chi connectivity index (χ0) is 14.8. The molecule has 0 unspecified atom stereocenters. The third-order valence-electron chi connectivity index (χ3n) is 4.19. The minimum Gasteiger partial charge on any atom is -0.316 e. The van der Waals surface area contributed by atoms with Gasteiger partial charge in [-0.1, -0.05) is 19.4 Å². The molecule has 0 atom stereocenters. The molecule has 112 valence electrons. The number of rotatable bonds is 6. The van der Waals surface area contributed by atoms with Crippen molar-refractivity contribution >= 4 is 10.0 Å². The van der Waals surface area contributed by atoms with Gasteiger partial charge >= 0.3 is 0 Å². The summed E-state index contributed by atoms with van der Waals surface area (Å²) in [7, 11) is 0.216. The lowest BCUT2D eigenvalue weighted by atomic mass is 9.94. The second-order valence-electron chi connectivity index (χ2n) is 5.42. The van der Waals surface area contributed by atoms with Crippen LogP contribution in [-0.2, 0) is 23.0 Å². The number of nitrogens with zero attached hydrogens (tertiary/aromatic N) is 1. The van der Waals surface area contributed by atoms with Gasteiger partial charge in [-0.05, 0) is 49.6 Å². The predicted molar refractivity (Wildman–Crippen MR) is 81.2 cm³/mol. The minimum atomic E-state index is -3.36. The Kier molecular flexibility index (Phi) is 4.83. The number of sulfonamides is 1. The molecule has 0 radical (unpaired) electrons. The van der Waals surface area contributed by atoms with Crippen molar-refractivity contribution < 1.29 is 8.42 Å². The van der Waals surface area contributed by atoms with Crippen LogP contribution < -0.4 is 5.32 Å². The molecule has 0 amide bonds. The molecule has 1 saturated carbocycles. The average Bonchev–Trinajstić information content (AvgIpc) is 2.37. The number of hydrogen-bond acceptors (Lipinski definition) is 3. The lowest BCUT2D eigenvalue weighted by Gasteiger charge is -2.33. The first-order valence-corrected chi connectivity index (χ1v) is 8.69. The van der Waals surface area contributed by atoms with E-state index in [1.165, 1.54) is 5.56 Å². The van der Waals surface area contributed by atoms with Crippen LogP contribution in [0.15, 0.2) is 23.1 Å². The van der Waals surface area contributed by atoms with Crippen molar-refractivity contribution in [2.75, 3.05) is 14.1 Å². The third kappa shape index (κ3) is 2.90. The Morgan fingerprint density at radius 2 is 2.00 bits per heavy atom. The highest BCUT2D eigenvalue weighted by Gasteiger charge is 2.31. The fourth-order valence-corrected chi connectivity index (χ4v) is 4.04. The van der Waals surface area contributed by atoms with E-state index in [1.54, 1.807) is 17.4 Å². The van der Waals surface area contributed by atoms with E-state index in [0.717, 1.165) is 31.2 Å². The van der Waals surface area contributed by atoms with Gasteiger partial charge in [0, 0.05) is 19.6 Å². The second-order valence-corrected chi connectivity index (χ2v) is 7.42. The van der Waals surface area contributed by atoms with Crippen LogP contribution in [0.1, 0.15) is 37.3 Å². The summed E-state index contributed by atoms with van der Waals surface area (Å²) < 4.78 is 26.8. The molecule has 20 heavy (non-hydrogen) atoms. The van der Waals surface area contributed by atoms with E-state index in [-0.39, 0.29) is 6.04 Å². The molecular weight excluding hydrogens is 272 g/mol. The van der Waals surface area contributed by atoms with E-state index in [4.69, 9.17) is 0 Å². The first-order valence-electron chi connectivity index (χ1n) is 7.25.